The number of carbonyl (C=O) groups is 4. The van der Waals surface area contributed by atoms with Gasteiger partial charge in [-0.3, -0.25) is 19.1 Å². The van der Waals surface area contributed by atoms with Crippen LogP contribution in [0.1, 0.15) is 78.1 Å². The maximum Gasteiger partial charge on any atom is 0.407 e. The van der Waals surface area contributed by atoms with Gasteiger partial charge in [0.05, 0.1) is 35.4 Å². The minimum Gasteiger partial charge on any atom is -0.493 e. The third kappa shape index (κ3) is 8.54. The highest BCUT2D eigenvalue weighted by Gasteiger charge is 2.62. The van der Waals surface area contributed by atoms with E-state index in [-0.39, 0.29) is 61.5 Å². The Morgan fingerprint density at radius 2 is 1.62 bits per heavy atom. The fourth-order valence-electron chi connectivity index (χ4n) is 8.18. The lowest BCUT2D eigenvalue weighted by Gasteiger charge is -2.27. The average molecular weight is 821 g/mol. The fraction of sp³-hybridized carbons (Fsp3) is 0.561. The topological polar surface area (TPSA) is 195 Å². The highest BCUT2D eigenvalue weighted by molar-refractivity contribution is 7.91. The van der Waals surface area contributed by atoms with E-state index in [0.29, 0.717) is 43.1 Å². The Labute approximate surface area is 336 Å². The molecule has 1 unspecified atom stereocenters. The van der Waals surface area contributed by atoms with Gasteiger partial charge in [0.15, 0.2) is 0 Å². The number of alkyl carbamates (subject to hydrolysis) is 1. The van der Waals surface area contributed by atoms with Gasteiger partial charge in [-0.1, -0.05) is 58.1 Å². The van der Waals surface area contributed by atoms with Gasteiger partial charge in [-0.2, -0.15) is 0 Å². The predicted octanol–water partition coefficient (Wildman–Crippen LogP) is 4.38. The van der Waals surface area contributed by atoms with E-state index in [0.717, 1.165) is 25.7 Å². The quantitative estimate of drug-likeness (QED) is 0.339. The average Bonchev–Trinajstić information content (AvgIpc) is 4.11. The lowest BCUT2D eigenvalue weighted by molar-refractivity contribution is -0.134. The summed E-state index contributed by atoms with van der Waals surface area (Å²) in [7, 11) is -3.91. The van der Waals surface area contributed by atoms with Crippen molar-refractivity contribution in [3.05, 3.63) is 48.3 Å². The normalized spacial score (nSPS) is 28.1. The molecule has 3 N–H and O–H groups in total. The number of halogens is 1. The summed E-state index contributed by atoms with van der Waals surface area (Å²) in [5.41, 5.74) is -0.758. The number of hydrogen-bond acceptors (Lipinski definition) is 11. The molecule has 5 aliphatic rings. The third-order valence-corrected chi connectivity index (χ3v) is 13.6. The van der Waals surface area contributed by atoms with Crippen LogP contribution >= 0.6 is 0 Å². The molecule has 2 aromatic carbocycles. The number of hydrogen-bond donors (Lipinski definition) is 3. The van der Waals surface area contributed by atoms with Crippen LogP contribution in [-0.2, 0) is 29.1 Å². The van der Waals surface area contributed by atoms with Crippen LogP contribution in [0.5, 0.6) is 11.6 Å². The highest BCUT2D eigenvalue weighted by Crippen LogP contribution is 2.48. The molecule has 2 saturated carbocycles. The Kier molecular flexibility index (Phi) is 10.7. The number of aromatic nitrogens is 2. The lowest BCUT2D eigenvalue weighted by Crippen LogP contribution is -2.55. The molecule has 2 aliphatic carbocycles. The molecule has 6 bridgehead atoms. The molecule has 4 fully saturated rings. The minimum atomic E-state index is -3.91. The van der Waals surface area contributed by atoms with Crippen molar-refractivity contribution in [1.82, 2.24) is 30.2 Å². The smallest absolute Gasteiger partial charge is 0.407 e. The number of carbonyl (C=O) groups excluding carboxylic acids is 4. The molecule has 4 amide bonds. The summed E-state index contributed by atoms with van der Waals surface area (Å²) in [6, 6.07) is 10.2. The Balaban J connectivity index is 1.20. The van der Waals surface area contributed by atoms with Crippen molar-refractivity contribution in [2.24, 2.45) is 17.3 Å². The van der Waals surface area contributed by atoms with E-state index < -0.39 is 73.9 Å². The van der Waals surface area contributed by atoms with E-state index in [1.165, 1.54) is 17.0 Å². The van der Waals surface area contributed by atoms with Crippen LogP contribution in [0.2, 0.25) is 0 Å². The van der Waals surface area contributed by atoms with Gasteiger partial charge in [-0.05, 0) is 62.3 Å². The Morgan fingerprint density at radius 3 is 2.38 bits per heavy atom. The van der Waals surface area contributed by atoms with Crippen LogP contribution in [0.15, 0.2) is 42.5 Å². The van der Waals surface area contributed by atoms with E-state index in [1.807, 2.05) is 13.8 Å². The zero-order chi connectivity index (χ0) is 40.8. The van der Waals surface area contributed by atoms with Gasteiger partial charge in [0.1, 0.15) is 41.6 Å². The molecule has 4 heterocycles. The number of sulfonamides is 1. The number of ether oxygens (including phenoxy) is 3. The van der Waals surface area contributed by atoms with Gasteiger partial charge < -0.3 is 29.7 Å². The number of nitrogens with zero attached hydrogens (tertiary/aromatic N) is 3. The van der Waals surface area contributed by atoms with Crippen LogP contribution in [0, 0.1) is 23.1 Å². The Morgan fingerprint density at radius 1 is 0.914 bits per heavy atom. The number of rotatable bonds is 3. The monoisotopic (exact) mass is 820 g/mol. The predicted molar refractivity (Wildman–Crippen MR) is 208 cm³/mol. The van der Waals surface area contributed by atoms with Gasteiger partial charge >= 0.3 is 6.09 Å². The van der Waals surface area contributed by atoms with Crippen molar-refractivity contribution in [2.75, 3.05) is 26.3 Å². The number of para-hydroxylation sites is 2. The molecule has 0 spiro atoms. The van der Waals surface area contributed by atoms with E-state index in [9.17, 15) is 27.6 Å². The fourth-order valence-corrected chi connectivity index (χ4v) is 9.54. The number of fused-ring (bicyclic) bond motifs is 10. The second-order valence-corrected chi connectivity index (χ2v) is 19.1. The molecule has 8 rings (SSSR count). The van der Waals surface area contributed by atoms with Crippen molar-refractivity contribution in [1.29, 1.82) is 0 Å². The number of amides is 4. The lowest BCUT2D eigenvalue weighted by atomic mass is 9.96. The standard InChI is InChI=1S/C41H49FN6O9S/c1-40(2)22-55-27-17-24(16-26(42)18-27)34-36(44-31-12-9-8-11-30(31)43-34)57-33-21-48-20-29(33)35(49)46-41(38(51)47-58(53,54)28-14-15-28)19-25(41)10-6-4-3-5-7-13-32(37(48)50)45-39(52)56-23-40/h8-9,11-12,16-18,25,28-29,32-33H,3-7,10,13-15,19-23H2,1-2H3,(H,45,52)(H,46,49)(H,47,51)/t25-,29?,32+,33+,41+/m1/s1. The molecule has 5 atom stereocenters. The minimum absolute atomic E-state index is 0.0229. The first-order chi connectivity index (χ1) is 27.7. The van der Waals surface area contributed by atoms with Gasteiger partial charge in [-0.25, -0.2) is 27.6 Å². The van der Waals surface area contributed by atoms with Gasteiger partial charge in [0.2, 0.25) is 27.7 Å². The van der Waals surface area contributed by atoms with Gasteiger partial charge in [0, 0.05) is 23.6 Å². The second-order valence-electron chi connectivity index (χ2n) is 17.2. The third-order valence-electron chi connectivity index (χ3n) is 11.8. The largest absolute Gasteiger partial charge is 0.493 e. The van der Waals surface area contributed by atoms with Crippen molar-refractivity contribution >= 4 is 44.9 Å². The molecule has 0 radical (unpaired) electrons. The molecular formula is C41H49FN6O9S. The van der Waals surface area contributed by atoms with Gasteiger partial charge in [0.25, 0.3) is 5.91 Å². The van der Waals surface area contributed by atoms with Crippen molar-refractivity contribution < 1.29 is 46.2 Å². The first kappa shape index (κ1) is 39.8. The molecule has 1 aromatic heterocycles. The maximum absolute atomic E-state index is 15.3. The van der Waals surface area contributed by atoms with Crippen LogP contribution in [0.25, 0.3) is 22.3 Å². The molecule has 58 heavy (non-hydrogen) atoms. The summed E-state index contributed by atoms with van der Waals surface area (Å²) in [4.78, 5) is 67.2. The number of nitrogens with one attached hydrogen (secondary N) is 3. The Bertz CT molecular complexity index is 2240. The molecule has 17 heteroatoms. The van der Waals surface area contributed by atoms with Crippen molar-refractivity contribution in [2.45, 2.75) is 101 Å². The zero-order valence-electron chi connectivity index (χ0n) is 32.6. The molecular weight excluding hydrogens is 772 g/mol. The summed E-state index contributed by atoms with van der Waals surface area (Å²) in [6.45, 7) is 3.39. The maximum atomic E-state index is 15.3. The molecule has 3 aromatic rings. The number of cyclic esters (lactones) is 1. The zero-order valence-corrected chi connectivity index (χ0v) is 33.4. The number of benzene rings is 2. The van der Waals surface area contributed by atoms with E-state index in [1.54, 1.807) is 30.3 Å². The Hall–Kier alpha value is -5.06. The van der Waals surface area contributed by atoms with Crippen LogP contribution < -0.4 is 24.8 Å². The van der Waals surface area contributed by atoms with E-state index in [4.69, 9.17) is 24.2 Å². The first-order valence-corrected chi connectivity index (χ1v) is 21.7. The summed E-state index contributed by atoms with van der Waals surface area (Å²) in [5.74, 6) is -3.63. The molecule has 2 saturated heterocycles. The summed E-state index contributed by atoms with van der Waals surface area (Å²) in [5, 5.41) is 5.06. The van der Waals surface area contributed by atoms with E-state index >= 15 is 4.39 Å². The highest BCUT2D eigenvalue weighted by atomic mass is 32.2. The summed E-state index contributed by atoms with van der Waals surface area (Å²) >= 11 is 0. The van der Waals surface area contributed by atoms with Crippen molar-refractivity contribution in [3.8, 4) is 22.9 Å². The van der Waals surface area contributed by atoms with E-state index in [2.05, 4.69) is 15.4 Å². The van der Waals surface area contributed by atoms with Crippen LogP contribution in [-0.4, -0.2) is 96.3 Å². The molecule has 15 nitrogen and oxygen atoms in total. The molecule has 3 aliphatic heterocycles. The second kappa shape index (κ2) is 15.6. The van der Waals surface area contributed by atoms with Crippen molar-refractivity contribution in [3.63, 3.8) is 0 Å². The summed E-state index contributed by atoms with van der Waals surface area (Å²) in [6.07, 6.45) is 4.14. The molecule has 310 valence electrons. The van der Waals surface area contributed by atoms with Gasteiger partial charge in [-0.15, -0.1) is 0 Å². The van der Waals surface area contributed by atoms with Crippen LogP contribution in [0.3, 0.4) is 0 Å². The SMILES string of the molecule is CC1(C)COC(=O)N[C@H]2CCCCCCC[C@@H]3C[C@]3(C(=O)NS(=O)(=O)C3CC3)NC(=O)C3CN(C[C@@H]3Oc3nc4ccccc4nc3-c3cc(F)cc(c3)OC1)C2=O. The first-order valence-electron chi connectivity index (χ1n) is 20.2. The van der Waals surface area contributed by atoms with Crippen LogP contribution in [0.4, 0.5) is 9.18 Å². The summed E-state index contributed by atoms with van der Waals surface area (Å²) < 4.78 is 61.7.